The number of ether oxygens (including phenoxy) is 4. The Hall–Kier alpha value is -3.87. The van der Waals surface area contributed by atoms with Crippen LogP contribution >= 0.6 is 0 Å². The van der Waals surface area contributed by atoms with Gasteiger partial charge in [-0.3, -0.25) is 4.79 Å². The first-order chi connectivity index (χ1) is 16.6. The molecule has 34 heavy (non-hydrogen) atoms. The van der Waals surface area contributed by atoms with Crippen molar-refractivity contribution < 1.29 is 28.8 Å². The number of carbonyl (C=O) groups is 1. The topological polar surface area (TPSA) is 79.2 Å². The smallest absolute Gasteiger partial charge is 0.325 e. The molecule has 0 saturated heterocycles. The number of nitrogens with zero attached hydrogens (tertiary/aromatic N) is 1. The van der Waals surface area contributed by atoms with Gasteiger partial charge in [0.25, 0.3) is 0 Å². The minimum Gasteiger partial charge on any atom is -0.508 e. The van der Waals surface area contributed by atoms with Gasteiger partial charge in [-0.05, 0) is 38.0 Å². The number of fused-ring (bicyclic) bond motifs is 3. The van der Waals surface area contributed by atoms with E-state index >= 15 is 0 Å². The SMILES string of the molecule is CCOC(=O)Cn1c2ccccc2c2ccc(OCCCCOc3cc(O)cc(OC)c3)cc21. The fraction of sp³-hybridized carbons (Fsp3) is 0.296. The van der Waals surface area contributed by atoms with Gasteiger partial charge >= 0.3 is 5.97 Å². The van der Waals surface area contributed by atoms with E-state index in [2.05, 4.69) is 6.07 Å². The quantitative estimate of drug-likeness (QED) is 0.240. The molecule has 3 aromatic carbocycles. The number of para-hydroxylation sites is 1. The molecule has 7 nitrogen and oxygen atoms in total. The summed E-state index contributed by atoms with van der Waals surface area (Å²) in [6.45, 7) is 3.35. The largest absolute Gasteiger partial charge is 0.508 e. The van der Waals surface area contributed by atoms with E-state index in [-0.39, 0.29) is 18.3 Å². The molecule has 0 aliphatic heterocycles. The van der Waals surface area contributed by atoms with Crippen LogP contribution in [-0.4, -0.2) is 42.6 Å². The molecule has 1 heterocycles. The van der Waals surface area contributed by atoms with Crippen molar-refractivity contribution in [3.8, 4) is 23.0 Å². The summed E-state index contributed by atoms with van der Waals surface area (Å²) >= 11 is 0. The van der Waals surface area contributed by atoms with Gasteiger partial charge in [0.1, 0.15) is 29.5 Å². The number of phenolic OH excluding ortho intramolecular Hbond substituents is 1. The second-order valence-electron chi connectivity index (χ2n) is 7.86. The van der Waals surface area contributed by atoms with Gasteiger partial charge in [-0.15, -0.1) is 0 Å². The van der Waals surface area contributed by atoms with E-state index < -0.39 is 0 Å². The van der Waals surface area contributed by atoms with E-state index in [9.17, 15) is 9.90 Å². The van der Waals surface area contributed by atoms with Crippen LogP contribution in [0.4, 0.5) is 0 Å². The third-order valence-corrected chi connectivity index (χ3v) is 5.51. The molecule has 0 spiro atoms. The van der Waals surface area contributed by atoms with E-state index in [0.717, 1.165) is 40.4 Å². The molecule has 4 rings (SSSR count). The average Bonchev–Trinajstić information content (AvgIpc) is 3.14. The predicted molar refractivity (Wildman–Crippen MR) is 131 cm³/mol. The zero-order valence-corrected chi connectivity index (χ0v) is 19.5. The summed E-state index contributed by atoms with van der Waals surface area (Å²) < 4.78 is 24.0. The number of carbonyl (C=O) groups excluding carboxylic acids is 1. The zero-order chi connectivity index (χ0) is 23.9. The molecule has 1 aromatic heterocycles. The van der Waals surface area contributed by atoms with Crippen LogP contribution in [0.15, 0.2) is 60.7 Å². The van der Waals surface area contributed by atoms with Crippen molar-refractivity contribution in [1.82, 2.24) is 4.57 Å². The van der Waals surface area contributed by atoms with Crippen molar-refractivity contribution in [2.24, 2.45) is 0 Å². The van der Waals surface area contributed by atoms with Crippen LogP contribution in [0.2, 0.25) is 0 Å². The lowest BCUT2D eigenvalue weighted by atomic mass is 10.1. The van der Waals surface area contributed by atoms with E-state index in [1.165, 1.54) is 6.07 Å². The number of rotatable bonds is 11. The summed E-state index contributed by atoms with van der Waals surface area (Å²) in [5, 5.41) is 11.9. The van der Waals surface area contributed by atoms with Crippen molar-refractivity contribution in [2.75, 3.05) is 26.9 Å². The minimum absolute atomic E-state index is 0.105. The summed E-state index contributed by atoms with van der Waals surface area (Å²) in [6, 6.07) is 18.8. The highest BCUT2D eigenvalue weighted by Gasteiger charge is 2.14. The van der Waals surface area contributed by atoms with Gasteiger partial charge in [-0.1, -0.05) is 18.2 Å². The molecule has 4 aromatic rings. The molecule has 0 fully saturated rings. The van der Waals surface area contributed by atoms with Crippen molar-refractivity contribution in [3.63, 3.8) is 0 Å². The Morgan fingerprint density at radius 2 is 1.56 bits per heavy atom. The Labute approximate surface area is 198 Å². The fourth-order valence-electron chi connectivity index (χ4n) is 3.97. The Kier molecular flexibility index (Phi) is 7.42. The lowest BCUT2D eigenvalue weighted by Crippen LogP contribution is -2.13. The number of esters is 1. The maximum Gasteiger partial charge on any atom is 0.325 e. The van der Waals surface area contributed by atoms with Gasteiger partial charge in [0.15, 0.2) is 0 Å². The van der Waals surface area contributed by atoms with Crippen LogP contribution in [0.5, 0.6) is 23.0 Å². The summed E-state index contributed by atoms with van der Waals surface area (Å²) in [5.41, 5.74) is 1.93. The van der Waals surface area contributed by atoms with E-state index in [4.69, 9.17) is 18.9 Å². The van der Waals surface area contributed by atoms with Crippen molar-refractivity contribution in [1.29, 1.82) is 0 Å². The van der Waals surface area contributed by atoms with Gasteiger partial charge in [0, 0.05) is 40.6 Å². The van der Waals surface area contributed by atoms with Crippen LogP contribution in [0.1, 0.15) is 19.8 Å². The maximum absolute atomic E-state index is 12.2. The average molecular weight is 464 g/mol. The van der Waals surface area contributed by atoms with E-state index in [1.807, 2.05) is 41.0 Å². The highest BCUT2D eigenvalue weighted by atomic mass is 16.5. The van der Waals surface area contributed by atoms with Crippen LogP contribution in [0.25, 0.3) is 21.8 Å². The first-order valence-corrected chi connectivity index (χ1v) is 11.4. The van der Waals surface area contributed by atoms with Crippen molar-refractivity contribution >= 4 is 27.8 Å². The van der Waals surface area contributed by atoms with Gasteiger partial charge in [-0.25, -0.2) is 0 Å². The molecule has 0 saturated carbocycles. The number of aromatic hydroxyl groups is 1. The third-order valence-electron chi connectivity index (χ3n) is 5.51. The number of hydrogen-bond acceptors (Lipinski definition) is 6. The normalized spacial score (nSPS) is 11.0. The number of methoxy groups -OCH3 is 1. The van der Waals surface area contributed by atoms with Crippen LogP contribution in [-0.2, 0) is 16.1 Å². The molecule has 0 radical (unpaired) electrons. The standard InChI is InChI=1S/C27H29NO6/c1-3-32-27(30)18-28-25-9-5-4-8-23(25)24-11-10-20(17-26(24)28)33-12-6-7-13-34-22-15-19(29)14-21(16-22)31-2/h4-5,8-11,14-17,29H,3,6-7,12-13,18H2,1-2H3. The number of phenols is 1. The highest BCUT2D eigenvalue weighted by Crippen LogP contribution is 2.32. The molecule has 0 bridgehead atoms. The highest BCUT2D eigenvalue weighted by molar-refractivity contribution is 6.08. The molecular formula is C27H29NO6. The molecule has 0 aliphatic carbocycles. The van der Waals surface area contributed by atoms with Gasteiger partial charge in [0.2, 0.25) is 0 Å². The van der Waals surface area contributed by atoms with Crippen LogP contribution < -0.4 is 14.2 Å². The minimum atomic E-state index is -0.263. The molecule has 7 heteroatoms. The summed E-state index contributed by atoms with van der Waals surface area (Å²) in [6.07, 6.45) is 1.60. The Morgan fingerprint density at radius 3 is 2.32 bits per heavy atom. The molecule has 0 amide bonds. The van der Waals surface area contributed by atoms with Gasteiger partial charge < -0.3 is 28.6 Å². The molecule has 0 unspecified atom stereocenters. The third kappa shape index (κ3) is 5.36. The fourth-order valence-corrected chi connectivity index (χ4v) is 3.97. The predicted octanol–water partition coefficient (Wildman–Crippen LogP) is 5.31. The van der Waals surface area contributed by atoms with E-state index in [0.29, 0.717) is 31.3 Å². The summed E-state index contributed by atoms with van der Waals surface area (Å²) in [7, 11) is 1.55. The second kappa shape index (κ2) is 10.8. The van der Waals surface area contributed by atoms with Crippen LogP contribution in [0.3, 0.4) is 0 Å². The molecule has 0 atom stereocenters. The molecule has 1 N–H and O–H groups in total. The van der Waals surface area contributed by atoms with Gasteiger partial charge in [-0.2, -0.15) is 0 Å². The van der Waals surface area contributed by atoms with Crippen LogP contribution in [0, 0.1) is 0 Å². The monoisotopic (exact) mass is 463 g/mol. The Morgan fingerprint density at radius 1 is 0.853 bits per heavy atom. The maximum atomic E-state index is 12.2. The number of unbranched alkanes of at least 4 members (excludes halogenated alkanes) is 1. The first kappa shape index (κ1) is 23.3. The van der Waals surface area contributed by atoms with Crippen molar-refractivity contribution in [2.45, 2.75) is 26.3 Å². The summed E-state index contributed by atoms with van der Waals surface area (Å²) in [4.78, 5) is 12.2. The Balaban J connectivity index is 1.37. The summed E-state index contributed by atoms with van der Waals surface area (Å²) in [5.74, 6) is 1.71. The zero-order valence-electron chi connectivity index (χ0n) is 19.5. The lowest BCUT2D eigenvalue weighted by Gasteiger charge is -2.10. The number of hydrogen-bond donors (Lipinski definition) is 1. The first-order valence-electron chi connectivity index (χ1n) is 11.4. The Bertz CT molecular complexity index is 1280. The molecular weight excluding hydrogens is 434 g/mol. The van der Waals surface area contributed by atoms with Gasteiger partial charge in [0.05, 0.1) is 32.4 Å². The number of benzene rings is 3. The lowest BCUT2D eigenvalue weighted by molar-refractivity contribution is -0.143. The molecule has 178 valence electrons. The van der Waals surface area contributed by atoms with Crippen molar-refractivity contribution in [3.05, 3.63) is 60.7 Å². The molecule has 0 aliphatic rings. The van der Waals surface area contributed by atoms with E-state index in [1.54, 1.807) is 26.2 Å². The second-order valence-corrected chi connectivity index (χ2v) is 7.86. The number of aromatic nitrogens is 1.